The van der Waals surface area contributed by atoms with Gasteiger partial charge in [-0.25, -0.2) is 18.7 Å². The van der Waals surface area contributed by atoms with Gasteiger partial charge >= 0.3 is 0 Å². The molecule has 2 amide bonds. The molecule has 1 unspecified atom stereocenters. The molecule has 0 aliphatic carbocycles. The van der Waals surface area contributed by atoms with Gasteiger partial charge in [-0.15, -0.1) is 0 Å². The monoisotopic (exact) mass is 423 g/mol. The lowest BCUT2D eigenvalue weighted by molar-refractivity contribution is -0.115. The highest BCUT2D eigenvalue weighted by molar-refractivity contribution is 6.33. The predicted molar refractivity (Wildman–Crippen MR) is 105 cm³/mol. The molecule has 1 atom stereocenters. The third-order valence-electron chi connectivity index (χ3n) is 4.53. The van der Waals surface area contributed by atoms with Crippen molar-refractivity contribution in [2.24, 2.45) is 0 Å². The van der Waals surface area contributed by atoms with Gasteiger partial charge in [0.1, 0.15) is 11.6 Å². The quantitative estimate of drug-likeness (QED) is 0.743. The molecular weight excluding hydrogens is 404 g/mol. The number of hydrogen-bond donors (Lipinski definition) is 2. The molecule has 2 aromatic rings. The molecule has 2 aromatic heterocycles. The van der Waals surface area contributed by atoms with Crippen molar-refractivity contribution < 1.29 is 18.4 Å². The predicted octanol–water partition coefficient (Wildman–Crippen LogP) is 3.42. The summed E-state index contributed by atoms with van der Waals surface area (Å²) in [5.41, 5.74) is 0.147. The number of pyridine rings is 2. The van der Waals surface area contributed by atoms with E-state index in [4.69, 9.17) is 11.6 Å². The number of anilines is 2. The van der Waals surface area contributed by atoms with Gasteiger partial charge in [-0.05, 0) is 24.6 Å². The molecule has 3 heterocycles. The van der Waals surface area contributed by atoms with Crippen LogP contribution in [0.4, 0.5) is 20.4 Å². The van der Waals surface area contributed by atoms with Crippen molar-refractivity contribution in [3.8, 4) is 0 Å². The normalized spacial score (nSPS) is 16.2. The van der Waals surface area contributed by atoms with E-state index in [1.165, 1.54) is 18.3 Å². The maximum Gasteiger partial charge on any atom is 0.265 e. The fraction of sp³-hybridized carbons (Fsp3) is 0.368. The third-order valence-corrected chi connectivity index (χ3v) is 4.81. The van der Waals surface area contributed by atoms with Crippen molar-refractivity contribution in [1.29, 1.82) is 0 Å². The zero-order valence-corrected chi connectivity index (χ0v) is 16.4. The van der Waals surface area contributed by atoms with Crippen molar-refractivity contribution >= 4 is 35.1 Å². The maximum atomic E-state index is 12.8. The van der Waals surface area contributed by atoms with Gasteiger partial charge in [0, 0.05) is 49.1 Å². The average Bonchev–Trinajstić information content (AvgIpc) is 3.16. The summed E-state index contributed by atoms with van der Waals surface area (Å²) in [4.78, 5) is 34.0. The molecule has 1 aliphatic rings. The third kappa shape index (κ3) is 5.17. The summed E-state index contributed by atoms with van der Waals surface area (Å²) in [5, 5.41) is 5.69. The molecule has 3 rings (SSSR count). The molecule has 1 aliphatic heterocycles. The molecule has 1 fully saturated rings. The topological polar surface area (TPSA) is 87.2 Å². The number of carbonyl (C=O) groups excluding carboxylic acids is 2. The van der Waals surface area contributed by atoms with Gasteiger partial charge in [0.05, 0.1) is 5.02 Å². The van der Waals surface area contributed by atoms with Crippen LogP contribution in [0.2, 0.25) is 5.02 Å². The second-order valence-corrected chi connectivity index (χ2v) is 7.02. The van der Waals surface area contributed by atoms with E-state index in [0.717, 1.165) is 6.20 Å². The Kier molecular flexibility index (Phi) is 6.58. The van der Waals surface area contributed by atoms with Gasteiger partial charge in [-0.2, -0.15) is 0 Å². The van der Waals surface area contributed by atoms with Crippen LogP contribution in [-0.4, -0.2) is 40.9 Å². The molecule has 29 heavy (non-hydrogen) atoms. The molecule has 10 heteroatoms. The van der Waals surface area contributed by atoms with Gasteiger partial charge in [-0.1, -0.05) is 18.5 Å². The van der Waals surface area contributed by atoms with Crippen molar-refractivity contribution in [2.45, 2.75) is 32.2 Å². The summed E-state index contributed by atoms with van der Waals surface area (Å²) in [7, 11) is 0. The number of carbonyl (C=O) groups is 2. The summed E-state index contributed by atoms with van der Waals surface area (Å²) in [6.07, 6.45) is 0.901. The highest BCUT2D eigenvalue weighted by Gasteiger charge is 2.27. The smallest absolute Gasteiger partial charge is 0.265 e. The number of rotatable bonds is 6. The number of nitrogens with one attached hydrogen (secondary N) is 2. The minimum absolute atomic E-state index is 0.153. The first-order valence-corrected chi connectivity index (χ1v) is 9.50. The summed E-state index contributed by atoms with van der Waals surface area (Å²) >= 11 is 6.11. The lowest BCUT2D eigenvalue weighted by Crippen LogP contribution is -2.37. The van der Waals surface area contributed by atoms with E-state index in [9.17, 15) is 18.4 Å². The van der Waals surface area contributed by atoms with Crippen molar-refractivity contribution in [2.75, 3.05) is 23.3 Å². The lowest BCUT2D eigenvalue weighted by atomic mass is 10.2. The first-order chi connectivity index (χ1) is 13.9. The Morgan fingerprint density at radius 3 is 2.83 bits per heavy atom. The zero-order valence-electron chi connectivity index (χ0n) is 15.7. The van der Waals surface area contributed by atoms with Crippen LogP contribution in [0.5, 0.6) is 0 Å². The van der Waals surface area contributed by atoms with Crippen LogP contribution in [0.1, 0.15) is 42.1 Å². The second-order valence-electron chi connectivity index (χ2n) is 6.61. The summed E-state index contributed by atoms with van der Waals surface area (Å²) in [6, 6.07) is 4.13. The van der Waals surface area contributed by atoms with E-state index in [-0.39, 0.29) is 28.4 Å². The first kappa shape index (κ1) is 20.9. The van der Waals surface area contributed by atoms with Crippen LogP contribution >= 0.6 is 11.6 Å². The summed E-state index contributed by atoms with van der Waals surface area (Å²) < 4.78 is 25.5. The second kappa shape index (κ2) is 9.13. The van der Waals surface area contributed by atoms with Crippen molar-refractivity contribution in [3.63, 3.8) is 0 Å². The van der Waals surface area contributed by atoms with E-state index in [2.05, 4.69) is 20.6 Å². The Morgan fingerprint density at radius 1 is 1.34 bits per heavy atom. The first-order valence-electron chi connectivity index (χ1n) is 9.12. The largest absolute Gasteiger partial charge is 0.353 e. The van der Waals surface area contributed by atoms with Gasteiger partial charge in [0.15, 0.2) is 0 Å². The Balaban J connectivity index is 1.62. The Labute approximate surface area is 171 Å². The van der Waals surface area contributed by atoms with Gasteiger partial charge in [0.2, 0.25) is 5.91 Å². The van der Waals surface area contributed by atoms with Crippen molar-refractivity contribution in [3.05, 3.63) is 46.7 Å². The minimum atomic E-state index is -2.63. The van der Waals surface area contributed by atoms with Gasteiger partial charge in [0.25, 0.3) is 12.3 Å². The highest BCUT2D eigenvalue weighted by Crippen LogP contribution is 2.30. The highest BCUT2D eigenvalue weighted by atomic mass is 35.5. The van der Waals surface area contributed by atoms with E-state index < -0.39 is 6.43 Å². The zero-order chi connectivity index (χ0) is 21.0. The van der Waals surface area contributed by atoms with E-state index >= 15 is 0 Å². The Bertz CT molecular complexity index is 912. The molecule has 1 saturated heterocycles. The number of alkyl halides is 2. The van der Waals surface area contributed by atoms with E-state index in [0.29, 0.717) is 43.1 Å². The standard InChI is InChI=1S/C19H20ClF2N5O2/c1-2-16(28)26-15-8-11(3-5-23-15)19(29)25-13-4-6-27(10-13)18-14(20)7-12(9-24-18)17(21)22/h3,5,7-9,13,17H,2,4,6,10H2,1H3,(H,25,29)(H,23,26,28). The van der Waals surface area contributed by atoms with Crippen LogP contribution < -0.4 is 15.5 Å². The SMILES string of the molecule is CCC(=O)Nc1cc(C(=O)NC2CCN(c3ncc(C(F)F)cc3Cl)C2)ccn1. The lowest BCUT2D eigenvalue weighted by Gasteiger charge is -2.19. The van der Waals surface area contributed by atoms with Crippen LogP contribution in [0, 0.1) is 0 Å². The molecular formula is C19H20ClF2N5O2. The molecule has 0 spiro atoms. The summed E-state index contributed by atoms with van der Waals surface area (Å²) in [6.45, 7) is 2.76. The number of amides is 2. The molecule has 7 nitrogen and oxygen atoms in total. The number of aromatic nitrogens is 2. The number of halogens is 3. The van der Waals surface area contributed by atoms with Crippen LogP contribution in [-0.2, 0) is 4.79 Å². The van der Waals surface area contributed by atoms with E-state index in [1.54, 1.807) is 13.0 Å². The van der Waals surface area contributed by atoms with Crippen LogP contribution in [0.15, 0.2) is 30.6 Å². The fourth-order valence-corrected chi connectivity index (χ4v) is 3.30. The molecule has 2 N–H and O–H groups in total. The molecule has 154 valence electrons. The minimum Gasteiger partial charge on any atom is -0.353 e. The molecule has 0 bridgehead atoms. The number of nitrogens with zero attached hydrogens (tertiary/aromatic N) is 3. The van der Waals surface area contributed by atoms with Crippen molar-refractivity contribution in [1.82, 2.24) is 15.3 Å². The fourth-order valence-electron chi connectivity index (χ4n) is 3.01. The number of hydrogen-bond acceptors (Lipinski definition) is 5. The molecule has 0 radical (unpaired) electrons. The Hall–Kier alpha value is -2.81. The Morgan fingerprint density at radius 2 is 2.14 bits per heavy atom. The molecule has 0 aromatic carbocycles. The van der Waals surface area contributed by atoms with Gasteiger partial charge < -0.3 is 15.5 Å². The average molecular weight is 424 g/mol. The summed E-state index contributed by atoms with van der Waals surface area (Å²) in [5.74, 6) is 0.246. The van der Waals surface area contributed by atoms with Gasteiger partial charge in [-0.3, -0.25) is 9.59 Å². The van der Waals surface area contributed by atoms with E-state index in [1.807, 2.05) is 4.90 Å². The maximum absolute atomic E-state index is 12.8. The molecule has 0 saturated carbocycles. The van der Waals surface area contributed by atoms with Crippen LogP contribution in [0.25, 0.3) is 0 Å². The van der Waals surface area contributed by atoms with Crippen LogP contribution in [0.3, 0.4) is 0 Å².